The maximum absolute atomic E-state index is 13.3. The predicted octanol–water partition coefficient (Wildman–Crippen LogP) is 1.52. The van der Waals surface area contributed by atoms with Gasteiger partial charge in [0.2, 0.25) is 11.1 Å². The van der Waals surface area contributed by atoms with Gasteiger partial charge in [-0.05, 0) is 41.5 Å². The maximum atomic E-state index is 13.3. The Labute approximate surface area is 125 Å². The van der Waals surface area contributed by atoms with Gasteiger partial charge in [-0.15, -0.1) is 5.10 Å². The SMILES string of the molecule is O=C(CSc1nnnn1-c1cccc(F)c1)N1CCCC1. The third kappa shape index (κ3) is 3.21. The summed E-state index contributed by atoms with van der Waals surface area (Å²) in [7, 11) is 0. The largest absolute Gasteiger partial charge is 0.342 e. The van der Waals surface area contributed by atoms with Gasteiger partial charge < -0.3 is 4.90 Å². The number of carbonyl (C=O) groups excluding carboxylic acids is 1. The van der Waals surface area contributed by atoms with Gasteiger partial charge in [-0.1, -0.05) is 17.8 Å². The molecular formula is C13H14FN5OS. The van der Waals surface area contributed by atoms with Crippen LogP contribution in [-0.2, 0) is 4.79 Å². The summed E-state index contributed by atoms with van der Waals surface area (Å²) in [5.74, 6) is 0.0220. The molecule has 1 aromatic carbocycles. The van der Waals surface area contributed by atoms with Crippen molar-refractivity contribution in [3.63, 3.8) is 0 Å². The lowest BCUT2D eigenvalue weighted by molar-refractivity contribution is -0.127. The van der Waals surface area contributed by atoms with Gasteiger partial charge in [-0.3, -0.25) is 4.79 Å². The predicted molar refractivity (Wildman–Crippen MR) is 75.7 cm³/mol. The number of halogens is 1. The Morgan fingerprint density at radius 2 is 2.14 bits per heavy atom. The van der Waals surface area contributed by atoms with E-state index in [1.807, 2.05) is 4.90 Å². The first-order valence-electron chi connectivity index (χ1n) is 6.69. The molecule has 0 N–H and O–H groups in total. The Bertz CT molecular complexity index is 641. The summed E-state index contributed by atoms with van der Waals surface area (Å²) in [5.41, 5.74) is 0.538. The molecule has 1 aliphatic heterocycles. The van der Waals surface area contributed by atoms with Crippen LogP contribution in [0.15, 0.2) is 29.4 Å². The summed E-state index contributed by atoms with van der Waals surface area (Å²) in [6.07, 6.45) is 2.13. The van der Waals surface area contributed by atoms with E-state index in [4.69, 9.17) is 0 Å². The van der Waals surface area contributed by atoms with Crippen LogP contribution < -0.4 is 0 Å². The summed E-state index contributed by atoms with van der Waals surface area (Å²) < 4.78 is 14.7. The van der Waals surface area contributed by atoms with Crippen molar-refractivity contribution in [2.24, 2.45) is 0 Å². The van der Waals surface area contributed by atoms with E-state index >= 15 is 0 Å². The summed E-state index contributed by atoms with van der Waals surface area (Å²) >= 11 is 1.26. The summed E-state index contributed by atoms with van der Waals surface area (Å²) in [6.45, 7) is 1.66. The molecule has 21 heavy (non-hydrogen) atoms. The lowest BCUT2D eigenvalue weighted by Gasteiger charge is -2.14. The van der Waals surface area contributed by atoms with Gasteiger partial charge >= 0.3 is 0 Å². The highest BCUT2D eigenvalue weighted by Crippen LogP contribution is 2.20. The van der Waals surface area contributed by atoms with E-state index < -0.39 is 0 Å². The number of rotatable bonds is 4. The molecule has 2 heterocycles. The van der Waals surface area contributed by atoms with Crippen LogP contribution in [0.25, 0.3) is 5.69 Å². The Morgan fingerprint density at radius 3 is 2.90 bits per heavy atom. The zero-order valence-corrected chi connectivity index (χ0v) is 12.1. The Balaban J connectivity index is 1.69. The normalized spacial score (nSPS) is 14.6. The summed E-state index contributed by atoms with van der Waals surface area (Å²) in [4.78, 5) is 13.9. The molecule has 8 heteroatoms. The van der Waals surface area contributed by atoms with Crippen LogP contribution in [0.3, 0.4) is 0 Å². The lowest BCUT2D eigenvalue weighted by Crippen LogP contribution is -2.29. The smallest absolute Gasteiger partial charge is 0.233 e. The number of hydrogen-bond acceptors (Lipinski definition) is 5. The van der Waals surface area contributed by atoms with Crippen molar-refractivity contribution in [2.75, 3.05) is 18.8 Å². The maximum Gasteiger partial charge on any atom is 0.233 e. The van der Waals surface area contributed by atoms with Crippen LogP contribution in [-0.4, -0.2) is 49.9 Å². The standard InChI is InChI=1S/C13H14FN5OS/c14-10-4-3-5-11(8-10)19-13(15-16-17-19)21-9-12(20)18-6-1-2-7-18/h3-5,8H,1-2,6-7,9H2. The zero-order chi connectivity index (χ0) is 14.7. The van der Waals surface area contributed by atoms with Crippen molar-refractivity contribution in [1.82, 2.24) is 25.1 Å². The van der Waals surface area contributed by atoms with Gasteiger partial charge in [0, 0.05) is 13.1 Å². The number of tetrazole rings is 1. The number of aromatic nitrogens is 4. The van der Waals surface area contributed by atoms with Gasteiger partial charge in [0.05, 0.1) is 11.4 Å². The molecule has 0 unspecified atom stereocenters. The number of hydrogen-bond donors (Lipinski definition) is 0. The van der Waals surface area contributed by atoms with Gasteiger partial charge in [-0.25, -0.2) is 4.39 Å². The zero-order valence-electron chi connectivity index (χ0n) is 11.3. The van der Waals surface area contributed by atoms with Gasteiger partial charge in [0.1, 0.15) is 5.82 Å². The molecule has 1 fully saturated rings. The highest BCUT2D eigenvalue weighted by molar-refractivity contribution is 7.99. The molecule has 6 nitrogen and oxygen atoms in total. The fourth-order valence-corrected chi connectivity index (χ4v) is 3.02. The third-order valence-corrected chi connectivity index (χ3v) is 4.18. The number of benzene rings is 1. The number of amides is 1. The minimum atomic E-state index is -0.355. The highest BCUT2D eigenvalue weighted by atomic mass is 32.2. The van der Waals surface area contributed by atoms with Crippen LogP contribution in [0.4, 0.5) is 4.39 Å². The molecule has 2 aromatic rings. The van der Waals surface area contributed by atoms with E-state index in [1.165, 1.54) is 28.6 Å². The molecule has 1 amide bonds. The monoisotopic (exact) mass is 307 g/mol. The number of carbonyl (C=O) groups is 1. The van der Waals surface area contributed by atoms with E-state index in [0.29, 0.717) is 10.8 Å². The first-order chi connectivity index (χ1) is 10.2. The molecule has 0 saturated carbocycles. The molecule has 1 saturated heterocycles. The molecule has 1 aliphatic rings. The molecule has 3 rings (SSSR count). The van der Waals surface area contributed by atoms with Crippen LogP contribution in [0.1, 0.15) is 12.8 Å². The first-order valence-corrected chi connectivity index (χ1v) is 7.67. The van der Waals surface area contributed by atoms with Crippen LogP contribution in [0, 0.1) is 5.82 Å². The Hall–Kier alpha value is -1.96. The Kier molecular flexibility index (Phi) is 4.14. The topological polar surface area (TPSA) is 63.9 Å². The molecule has 110 valence electrons. The first kappa shape index (κ1) is 14.0. The molecular weight excluding hydrogens is 293 g/mol. The second-order valence-electron chi connectivity index (χ2n) is 4.73. The van der Waals surface area contributed by atoms with Gasteiger partial charge in [0.15, 0.2) is 0 Å². The van der Waals surface area contributed by atoms with Crippen molar-refractivity contribution in [1.29, 1.82) is 0 Å². The van der Waals surface area contributed by atoms with Crippen LogP contribution in [0.5, 0.6) is 0 Å². The number of thioether (sulfide) groups is 1. The van der Waals surface area contributed by atoms with E-state index in [0.717, 1.165) is 25.9 Å². The molecule has 0 radical (unpaired) electrons. The van der Waals surface area contributed by atoms with E-state index in [2.05, 4.69) is 15.5 Å². The minimum Gasteiger partial charge on any atom is -0.342 e. The number of likely N-dealkylation sites (tertiary alicyclic amines) is 1. The third-order valence-electron chi connectivity index (χ3n) is 3.28. The van der Waals surface area contributed by atoms with Crippen molar-refractivity contribution in [3.8, 4) is 5.69 Å². The van der Waals surface area contributed by atoms with Crippen LogP contribution >= 0.6 is 11.8 Å². The van der Waals surface area contributed by atoms with Crippen molar-refractivity contribution in [3.05, 3.63) is 30.1 Å². The van der Waals surface area contributed by atoms with Crippen molar-refractivity contribution >= 4 is 17.7 Å². The molecule has 0 atom stereocenters. The average molecular weight is 307 g/mol. The second kappa shape index (κ2) is 6.21. The number of nitrogens with zero attached hydrogens (tertiary/aromatic N) is 5. The van der Waals surface area contributed by atoms with Gasteiger partial charge in [-0.2, -0.15) is 4.68 Å². The Morgan fingerprint density at radius 1 is 1.33 bits per heavy atom. The van der Waals surface area contributed by atoms with E-state index in [9.17, 15) is 9.18 Å². The second-order valence-corrected chi connectivity index (χ2v) is 5.67. The molecule has 0 aliphatic carbocycles. The molecule has 1 aromatic heterocycles. The lowest BCUT2D eigenvalue weighted by atomic mass is 10.3. The molecule has 0 spiro atoms. The fraction of sp³-hybridized carbons (Fsp3) is 0.385. The van der Waals surface area contributed by atoms with E-state index in [-0.39, 0.29) is 17.5 Å². The molecule has 0 bridgehead atoms. The average Bonchev–Trinajstić information content (AvgIpc) is 3.16. The fourth-order valence-electron chi connectivity index (χ4n) is 2.22. The summed E-state index contributed by atoms with van der Waals surface area (Å²) in [6, 6.07) is 6.02. The van der Waals surface area contributed by atoms with Crippen molar-refractivity contribution < 1.29 is 9.18 Å². The quantitative estimate of drug-likeness (QED) is 0.801. The van der Waals surface area contributed by atoms with Crippen LogP contribution in [0.2, 0.25) is 0 Å². The highest BCUT2D eigenvalue weighted by Gasteiger charge is 2.19. The van der Waals surface area contributed by atoms with Crippen molar-refractivity contribution in [2.45, 2.75) is 18.0 Å². The van der Waals surface area contributed by atoms with E-state index in [1.54, 1.807) is 12.1 Å². The minimum absolute atomic E-state index is 0.0892. The van der Waals surface area contributed by atoms with Gasteiger partial charge in [0.25, 0.3) is 0 Å². The summed E-state index contributed by atoms with van der Waals surface area (Å²) in [5, 5.41) is 11.8.